The molecule has 8 nitrogen and oxygen atoms in total. The first-order chi connectivity index (χ1) is 12.9. The third kappa shape index (κ3) is 5.96. The highest BCUT2D eigenvalue weighted by Crippen LogP contribution is 2.23. The SMILES string of the molecule is COc1cc(CCC(=O)NCC(O)c2ccc([N+](=O)[O-])cc2)cc(OC)c1. The minimum absolute atomic E-state index is 0.0259. The van der Waals surface area contributed by atoms with Gasteiger partial charge in [0.15, 0.2) is 0 Å². The molecule has 2 aromatic carbocycles. The molecule has 0 fully saturated rings. The molecule has 1 unspecified atom stereocenters. The molecule has 144 valence electrons. The Kier molecular flexibility index (Phi) is 7.13. The average Bonchev–Trinajstić information content (AvgIpc) is 2.70. The molecule has 0 aromatic heterocycles. The van der Waals surface area contributed by atoms with Crippen LogP contribution in [-0.2, 0) is 11.2 Å². The Balaban J connectivity index is 1.84. The Morgan fingerprint density at radius 2 is 1.74 bits per heavy atom. The van der Waals surface area contributed by atoms with E-state index in [0.29, 0.717) is 23.5 Å². The molecule has 27 heavy (non-hydrogen) atoms. The highest BCUT2D eigenvalue weighted by molar-refractivity contribution is 5.76. The lowest BCUT2D eigenvalue weighted by molar-refractivity contribution is -0.384. The van der Waals surface area contributed by atoms with Crippen molar-refractivity contribution in [2.24, 2.45) is 0 Å². The molecule has 2 N–H and O–H groups in total. The lowest BCUT2D eigenvalue weighted by Gasteiger charge is -2.12. The van der Waals surface area contributed by atoms with E-state index in [0.717, 1.165) is 5.56 Å². The lowest BCUT2D eigenvalue weighted by atomic mass is 10.1. The fourth-order valence-electron chi connectivity index (χ4n) is 2.50. The first-order valence-electron chi connectivity index (χ1n) is 8.34. The summed E-state index contributed by atoms with van der Waals surface area (Å²) in [5, 5.41) is 23.4. The molecule has 0 bridgehead atoms. The van der Waals surface area contributed by atoms with E-state index in [9.17, 15) is 20.0 Å². The maximum absolute atomic E-state index is 12.0. The molecule has 0 spiro atoms. The number of amides is 1. The Morgan fingerprint density at radius 1 is 1.15 bits per heavy atom. The zero-order valence-corrected chi connectivity index (χ0v) is 15.2. The Labute approximate surface area is 156 Å². The molecule has 1 amide bonds. The van der Waals surface area contributed by atoms with E-state index in [2.05, 4.69) is 5.32 Å². The Morgan fingerprint density at radius 3 is 2.26 bits per heavy atom. The van der Waals surface area contributed by atoms with Crippen LogP contribution in [0.1, 0.15) is 23.7 Å². The van der Waals surface area contributed by atoms with E-state index >= 15 is 0 Å². The molecule has 1 atom stereocenters. The van der Waals surface area contributed by atoms with E-state index in [-0.39, 0.29) is 24.6 Å². The molecule has 2 rings (SSSR count). The maximum Gasteiger partial charge on any atom is 0.269 e. The van der Waals surface area contributed by atoms with Crippen LogP contribution in [0.4, 0.5) is 5.69 Å². The molecule has 2 aromatic rings. The number of nitro groups is 1. The van der Waals surface area contributed by atoms with Crippen LogP contribution in [0.5, 0.6) is 11.5 Å². The number of nitro benzene ring substituents is 1. The van der Waals surface area contributed by atoms with E-state index in [4.69, 9.17) is 9.47 Å². The van der Waals surface area contributed by atoms with Crippen LogP contribution in [0.15, 0.2) is 42.5 Å². The van der Waals surface area contributed by atoms with Crippen LogP contribution in [0.3, 0.4) is 0 Å². The van der Waals surface area contributed by atoms with Crippen molar-refractivity contribution in [1.29, 1.82) is 0 Å². The van der Waals surface area contributed by atoms with E-state index in [1.807, 2.05) is 12.1 Å². The zero-order chi connectivity index (χ0) is 19.8. The standard InChI is InChI=1S/C19H22N2O6/c1-26-16-9-13(10-17(11-16)27-2)3-8-19(23)20-12-18(22)14-4-6-15(7-5-14)21(24)25/h4-7,9-11,18,22H,3,8,12H2,1-2H3,(H,20,23). The summed E-state index contributed by atoms with van der Waals surface area (Å²) in [4.78, 5) is 22.2. The number of benzene rings is 2. The van der Waals surface area contributed by atoms with Crippen molar-refractivity contribution in [2.45, 2.75) is 18.9 Å². The number of non-ortho nitro benzene ring substituents is 1. The summed E-state index contributed by atoms with van der Waals surface area (Å²) >= 11 is 0. The van der Waals surface area contributed by atoms with Gasteiger partial charge in [-0.3, -0.25) is 14.9 Å². The number of ether oxygens (including phenoxy) is 2. The highest BCUT2D eigenvalue weighted by Gasteiger charge is 2.12. The molecule has 0 aliphatic heterocycles. The number of carbonyl (C=O) groups excluding carboxylic acids is 1. The molecule has 0 saturated carbocycles. The van der Waals surface area contributed by atoms with Crippen molar-refractivity contribution in [2.75, 3.05) is 20.8 Å². The largest absolute Gasteiger partial charge is 0.497 e. The number of rotatable bonds is 9. The van der Waals surface area contributed by atoms with Gasteiger partial charge in [0.1, 0.15) is 11.5 Å². The first kappa shape index (κ1) is 20.2. The van der Waals surface area contributed by atoms with Crippen molar-refractivity contribution < 1.29 is 24.3 Å². The van der Waals surface area contributed by atoms with Crippen LogP contribution >= 0.6 is 0 Å². The smallest absolute Gasteiger partial charge is 0.269 e. The number of aryl methyl sites for hydroxylation is 1. The third-order valence-corrected chi connectivity index (χ3v) is 4.03. The predicted octanol–water partition coefficient (Wildman–Crippen LogP) is 2.39. The van der Waals surface area contributed by atoms with Crippen molar-refractivity contribution in [3.05, 3.63) is 63.7 Å². The van der Waals surface area contributed by atoms with Crippen molar-refractivity contribution >= 4 is 11.6 Å². The van der Waals surface area contributed by atoms with Crippen LogP contribution < -0.4 is 14.8 Å². The van der Waals surface area contributed by atoms with Gasteiger partial charge in [-0.05, 0) is 41.8 Å². The Hall–Kier alpha value is -3.13. The summed E-state index contributed by atoms with van der Waals surface area (Å²) in [7, 11) is 3.12. The fourth-order valence-corrected chi connectivity index (χ4v) is 2.50. The number of carbonyl (C=O) groups is 1. The van der Waals surface area contributed by atoms with Crippen molar-refractivity contribution in [1.82, 2.24) is 5.32 Å². The third-order valence-electron chi connectivity index (χ3n) is 4.03. The second kappa shape index (κ2) is 9.54. The number of methoxy groups -OCH3 is 2. The van der Waals surface area contributed by atoms with Crippen LogP contribution in [0.25, 0.3) is 0 Å². The fraction of sp³-hybridized carbons (Fsp3) is 0.316. The van der Waals surface area contributed by atoms with Gasteiger partial charge < -0.3 is 19.9 Å². The molecule has 0 aliphatic carbocycles. The van der Waals surface area contributed by atoms with Crippen molar-refractivity contribution in [3.63, 3.8) is 0 Å². The summed E-state index contributed by atoms with van der Waals surface area (Å²) in [6.45, 7) is 0.0259. The van der Waals surface area contributed by atoms with Gasteiger partial charge in [-0.1, -0.05) is 0 Å². The molecular formula is C19H22N2O6. The minimum atomic E-state index is -0.938. The number of nitrogens with one attached hydrogen (secondary N) is 1. The van der Waals surface area contributed by atoms with Crippen LogP contribution in [-0.4, -0.2) is 36.7 Å². The van der Waals surface area contributed by atoms with Crippen molar-refractivity contribution in [3.8, 4) is 11.5 Å². The van der Waals surface area contributed by atoms with Gasteiger partial charge in [0, 0.05) is 31.2 Å². The zero-order valence-electron chi connectivity index (χ0n) is 15.2. The van der Waals surface area contributed by atoms with Gasteiger partial charge in [0.25, 0.3) is 5.69 Å². The van der Waals surface area contributed by atoms with E-state index < -0.39 is 11.0 Å². The lowest BCUT2D eigenvalue weighted by Crippen LogP contribution is -2.28. The van der Waals surface area contributed by atoms with Gasteiger partial charge in [-0.2, -0.15) is 0 Å². The van der Waals surface area contributed by atoms with E-state index in [1.165, 1.54) is 24.3 Å². The quantitative estimate of drug-likeness (QED) is 0.515. The van der Waals surface area contributed by atoms with Crippen LogP contribution in [0, 0.1) is 10.1 Å². The summed E-state index contributed by atoms with van der Waals surface area (Å²) in [5.41, 5.74) is 1.35. The molecule has 0 saturated heterocycles. The predicted molar refractivity (Wildman–Crippen MR) is 98.9 cm³/mol. The van der Waals surface area contributed by atoms with Crippen LogP contribution in [0.2, 0.25) is 0 Å². The average molecular weight is 374 g/mol. The molecule has 0 radical (unpaired) electrons. The number of hydrogen-bond acceptors (Lipinski definition) is 6. The molecule has 0 aliphatic rings. The second-order valence-electron chi connectivity index (χ2n) is 5.89. The summed E-state index contributed by atoms with van der Waals surface area (Å²) in [6.07, 6.45) is -0.206. The van der Waals surface area contributed by atoms with E-state index in [1.54, 1.807) is 20.3 Å². The van der Waals surface area contributed by atoms with Gasteiger partial charge >= 0.3 is 0 Å². The maximum atomic E-state index is 12.0. The van der Waals surface area contributed by atoms with Gasteiger partial charge in [0.05, 0.1) is 25.2 Å². The minimum Gasteiger partial charge on any atom is -0.497 e. The molecular weight excluding hydrogens is 352 g/mol. The second-order valence-corrected chi connectivity index (χ2v) is 5.89. The first-order valence-corrected chi connectivity index (χ1v) is 8.34. The summed E-state index contributed by atoms with van der Waals surface area (Å²) < 4.78 is 10.4. The molecule has 8 heteroatoms. The monoisotopic (exact) mass is 374 g/mol. The van der Waals surface area contributed by atoms with Gasteiger partial charge in [-0.15, -0.1) is 0 Å². The number of aliphatic hydroxyl groups is 1. The Bertz CT molecular complexity index is 769. The van der Waals surface area contributed by atoms with Gasteiger partial charge in [-0.25, -0.2) is 0 Å². The number of aliphatic hydroxyl groups excluding tert-OH is 1. The topological polar surface area (TPSA) is 111 Å². The van der Waals surface area contributed by atoms with Gasteiger partial charge in [0.2, 0.25) is 5.91 Å². The normalized spacial score (nSPS) is 11.5. The number of hydrogen-bond donors (Lipinski definition) is 2. The highest BCUT2D eigenvalue weighted by atomic mass is 16.6. The molecule has 0 heterocycles. The summed E-state index contributed by atoms with van der Waals surface area (Å²) in [5.74, 6) is 1.09. The summed E-state index contributed by atoms with van der Waals surface area (Å²) in [6, 6.07) is 11.0. The number of nitrogens with zero attached hydrogens (tertiary/aromatic N) is 1.